The minimum atomic E-state index is -0.936. The number of urea groups is 1. The molecular weight excluding hydrogens is 457 g/mol. The van der Waals surface area contributed by atoms with Gasteiger partial charge in [-0.05, 0) is 70.8 Å². The Kier molecular flexibility index (Phi) is 4.63. The molecule has 2 aromatic rings. The second-order valence-electron chi connectivity index (χ2n) is 6.90. The lowest BCUT2D eigenvalue weighted by atomic mass is 9.78. The second kappa shape index (κ2) is 6.95. The van der Waals surface area contributed by atoms with Gasteiger partial charge in [0.2, 0.25) is 5.91 Å². The number of halogens is 1. The van der Waals surface area contributed by atoms with E-state index in [4.69, 9.17) is 0 Å². The summed E-state index contributed by atoms with van der Waals surface area (Å²) in [4.78, 5) is 38.8. The first-order valence-corrected chi connectivity index (χ1v) is 9.81. The zero-order valence-corrected chi connectivity index (χ0v) is 16.7. The topological polar surface area (TPSA) is 78.5 Å². The number of nitrogens with zero attached hydrogens (tertiary/aromatic N) is 1. The molecule has 0 aromatic heterocycles. The molecule has 1 aliphatic heterocycles. The van der Waals surface area contributed by atoms with Gasteiger partial charge in [0, 0.05) is 15.7 Å². The van der Waals surface area contributed by atoms with Gasteiger partial charge in [0.1, 0.15) is 12.1 Å². The van der Waals surface area contributed by atoms with Crippen LogP contribution >= 0.6 is 22.6 Å². The Hall–Kier alpha value is -2.42. The molecule has 2 aliphatic rings. The highest BCUT2D eigenvalue weighted by Gasteiger charge is 2.52. The summed E-state index contributed by atoms with van der Waals surface area (Å²) >= 11 is 2.18. The lowest BCUT2D eigenvalue weighted by molar-refractivity contribution is -0.134. The van der Waals surface area contributed by atoms with Crippen LogP contribution in [0.15, 0.2) is 48.5 Å². The monoisotopic (exact) mass is 475 g/mol. The summed E-state index contributed by atoms with van der Waals surface area (Å²) in [6.45, 7) is -0.292. The van der Waals surface area contributed by atoms with Crippen LogP contribution in [-0.4, -0.2) is 34.8 Å². The van der Waals surface area contributed by atoms with Crippen molar-refractivity contribution >= 4 is 46.1 Å². The molecule has 27 heavy (non-hydrogen) atoms. The van der Waals surface area contributed by atoms with Crippen molar-refractivity contribution in [1.29, 1.82) is 0 Å². The number of benzene rings is 2. The zero-order chi connectivity index (χ0) is 19.0. The number of aryl methyl sites for hydroxylation is 1. The number of rotatable bonds is 3. The molecule has 1 fully saturated rings. The van der Waals surface area contributed by atoms with Gasteiger partial charge in [-0.1, -0.05) is 24.3 Å². The van der Waals surface area contributed by atoms with Gasteiger partial charge in [-0.15, -0.1) is 0 Å². The van der Waals surface area contributed by atoms with Gasteiger partial charge in [-0.2, -0.15) is 0 Å². The van der Waals surface area contributed by atoms with Crippen molar-refractivity contribution in [3.63, 3.8) is 0 Å². The Balaban J connectivity index is 1.47. The van der Waals surface area contributed by atoms with E-state index < -0.39 is 17.5 Å². The number of hydrogen-bond donors (Lipinski definition) is 2. The van der Waals surface area contributed by atoms with Crippen LogP contribution in [0.1, 0.15) is 17.5 Å². The van der Waals surface area contributed by atoms with Crippen LogP contribution in [0.5, 0.6) is 0 Å². The van der Waals surface area contributed by atoms with E-state index >= 15 is 0 Å². The summed E-state index contributed by atoms with van der Waals surface area (Å²) < 4.78 is 1.05. The third-order valence-electron chi connectivity index (χ3n) is 5.11. The van der Waals surface area contributed by atoms with Crippen LogP contribution in [0.25, 0.3) is 0 Å². The lowest BCUT2D eigenvalue weighted by Gasteiger charge is -2.32. The molecule has 0 saturated carbocycles. The molecule has 1 aliphatic carbocycles. The van der Waals surface area contributed by atoms with E-state index in [-0.39, 0.29) is 12.5 Å². The Labute approximate surface area is 170 Å². The quantitative estimate of drug-likeness (QED) is 0.530. The number of carbonyl (C=O) groups excluding carboxylic acids is 3. The maximum Gasteiger partial charge on any atom is 0.325 e. The highest BCUT2D eigenvalue weighted by atomic mass is 127. The van der Waals surface area contributed by atoms with Gasteiger partial charge >= 0.3 is 6.03 Å². The van der Waals surface area contributed by atoms with Crippen molar-refractivity contribution in [3.05, 3.63) is 63.2 Å². The fourth-order valence-electron chi connectivity index (χ4n) is 3.72. The van der Waals surface area contributed by atoms with E-state index in [1.54, 1.807) is 12.1 Å². The van der Waals surface area contributed by atoms with Crippen molar-refractivity contribution in [3.8, 4) is 0 Å². The molecule has 7 heteroatoms. The van der Waals surface area contributed by atoms with Crippen LogP contribution in [-0.2, 0) is 22.4 Å². The number of carbonyl (C=O) groups is 3. The molecule has 1 atom stereocenters. The standard InChI is InChI=1S/C20H18IN3O3/c21-15-5-7-16(8-6-15)22-17(25)12-24-18(26)20(23-19(24)27)10-9-13-3-1-2-4-14(13)11-20/h1-8H,9-12H2,(H,22,25)(H,23,27). The molecule has 0 radical (unpaired) electrons. The summed E-state index contributed by atoms with van der Waals surface area (Å²) in [7, 11) is 0. The van der Waals surface area contributed by atoms with Crippen molar-refractivity contribution in [2.75, 3.05) is 11.9 Å². The minimum Gasteiger partial charge on any atom is -0.325 e. The van der Waals surface area contributed by atoms with Gasteiger partial charge in [0.15, 0.2) is 0 Å². The first-order chi connectivity index (χ1) is 13.0. The Morgan fingerprint density at radius 1 is 1.11 bits per heavy atom. The second-order valence-corrected chi connectivity index (χ2v) is 8.15. The Morgan fingerprint density at radius 3 is 2.56 bits per heavy atom. The lowest BCUT2D eigenvalue weighted by Crippen LogP contribution is -2.51. The SMILES string of the molecule is O=C(CN1C(=O)NC2(CCc3ccccc3C2)C1=O)Nc1ccc(I)cc1. The zero-order valence-electron chi connectivity index (χ0n) is 14.5. The molecule has 6 nitrogen and oxygen atoms in total. The summed E-state index contributed by atoms with van der Waals surface area (Å²) in [5, 5.41) is 5.57. The smallest absolute Gasteiger partial charge is 0.325 e. The van der Waals surface area contributed by atoms with E-state index in [0.717, 1.165) is 20.5 Å². The van der Waals surface area contributed by atoms with Crippen LogP contribution in [0, 0.1) is 3.57 Å². The van der Waals surface area contributed by atoms with E-state index in [0.29, 0.717) is 18.5 Å². The molecule has 1 unspecified atom stereocenters. The maximum absolute atomic E-state index is 13.0. The Morgan fingerprint density at radius 2 is 1.81 bits per heavy atom. The maximum atomic E-state index is 13.0. The van der Waals surface area contributed by atoms with Crippen LogP contribution in [0.3, 0.4) is 0 Å². The number of fused-ring (bicyclic) bond motifs is 1. The molecule has 2 N–H and O–H groups in total. The number of imide groups is 1. The molecule has 4 rings (SSSR count). The molecule has 138 valence electrons. The van der Waals surface area contributed by atoms with Gasteiger partial charge in [-0.25, -0.2) is 4.79 Å². The van der Waals surface area contributed by atoms with Crippen molar-refractivity contribution in [2.24, 2.45) is 0 Å². The normalized spacial score (nSPS) is 21.1. The summed E-state index contributed by atoms with van der Waals surface area (Å²) in [6, 6.07) is 14.8. The van der Waals surface area contributed by atoms with E-state index in [1.165, 1.54) is 5.56 Å². The van der Waals surface area contributed by atoms with Crippen LogP contribution in [0.4, 0.5) is 10.5 Å². The summed E-state index contributed by atoms with van der Waals surface area (Å²) in [5.41, 5.74) is 1.98. The van der Waals surface area contributed by atoms with Gasteiger partial charge in [0.05, 0.1) is 0 Å². The molecule has 4 amide bonds. The average Bonchev–Trinajstić information content (AvgIpc) is 2.87. The number of hydrogen-bond acceptors (Lipinski definition) is 3. The summed E-state index contributed by atoms with van der Waals surface area (Å²) in [5.74, 6) is -0.715. The fourth-order valence-corrected chi connectivity index (χ4v) is 4.08. The van der Waals surface area contributed by atoms with Crippen molar-refractivity contribution < 1.29 is 14.4 Å². The van der Waals surface area contributed by atoms with Crippen molar-refractivity contribution in [1.82, 2.24) is 10.2 Å². The number of nitrogens with one attached hydrogen (secondary N) is 2. The first-order valence-electron chi connectivity index (χ1n) is 8.73. The van der Waals surface area contributed by atoms with Gasteiger partial charge in [-0.3, -0.25) is 14.5 Å². The molecule has 2 aromatic carbocycles. The molecule has 1 saturated heterocycles. The van der Waals surface area contributed by atoms with Gasteiger partial charge in [0.25, 0.3) is 5.91 Å². The third kappa shape index (κ3) is 3.43. The molecular formula is C20H18IN3O3. The van der Waals surface area contributed by atoms with Crippen LogP contribution < -0.4 is 10.6 Å². The molecule has 1 spiro atoms. The van der Waals surface area contributed by atoms with E-state index in [9.17, 15) is 14.4 Å². The average molecular weight is 475 g/mol. The largest absolute Gasteiger partial charge is 0.325 e. The highest BCUT2D eigenvalue weighted by molar-refractivity contribution is 14.1. The molecule has 1 heterocycles. The number of anilines is 1. The highest BCUT2D eigenvalue weighted by Crippen LogP contribution is 2.33. The van der Waals surface area contributed by atoms with Gasteiger partial charge < -0.3 is 10.6 Å². The van der Waals surface area contributed by atoms with E-state index in [2.05, 4.69) is 39.3 Å². The Bertz CT molecular complexity index is 928. The van der Waals surface area contributed by atoms with Crippen LogP contribution in [0.2, 0.25) is 0 Å². The summed E-state index contributed by atoms with van der Waals surface area (Å²) in [6.07, 6.45) is 1.73. The number of amides is 4. The predicted octanol–water partition coefficient (Wildman–Crippen LogP) is 2.71. The third-order valence-corrected chi connectivity index (χ3v) is 5.83. The first kappa shape index (κ1) is 18.0. The molecule has 0 bridgehead atoms. The minimum absolute atomic E-state index is 0.292. The predicted molar refractivity (Wildman–Crippen MR) is 109 cm³/mol. The van der Waals surface area contributed by atoms with E-state index in [1.807, 2.05) is 30.3 Å². The fraction of sp³-hybridized carbons (Fsp3) is 0.250. The van der Waals surface area contributed by atoms with Crippen molar-refractivity contribution in [2.45, 2.75) is 24.8 Å².